The van der Waals surface area contributed by atoms with E-state index in [-0.39, 0.29) is 5.91 Å². The van der Waals surface area contributed by atoms with E-state index >= 15 is 0 Å². The zero-order valence-electron chi connectivity index (χ0n) is 16.3. The van der Waals surface area contributed by atoms with Crippen LogP contribution >= 0.6 is 0 Å². The number of pyridine rings is 1. The van der Waals surface area contributed by atoms with Gasteiger partial charge in [-0.2, -0.15) is 0 Å². The Kier molecular flexibility index (Phi) is 4.74. The van der Waals surface area contributed by atoms with Crippen LogP contribution in [0.25, 0.3) is 16.9 Å². The number of rotatable bonds is 3. The molecule has 0 N–H and O–H groups in total. The van der Waals surface area contributed by atoms with Crippen molar-refractivity contribution in [1.29, 1.82) is 0 Å². The Morgan fingerprint density at radius 2 is 2.00 bits per heavy atom. The molecule has 27 heavy (non-hydrogen) atoms. The lowest BCUT2D eigenvalue weighted by Crippen LogP contribution is -2.34. The Balaban J connectivity index is 1.74. The first kappa shape index (κ1) is 17.8. The van der Waals surface area contributed by atoms with Gasteiger partial charge in [0.05, 0.1) is 23.1 Å². The molecule has 0 unspecified atom stereocenters. The zero-order chi connectivity index (χ0) is 19.0. The number of imidazole rings is 1. The Labute approximate surface area is 160 Å². The molecule has 3 aromatic heterocycles. The van der Waals surface area contributed by atoms with E-state index in [1.54, 1.807) is 0 Å². The number of carbonyl (C=O) groups excluding carboxylic acids is 1. The summed E-state index contributed by atoms with van der Waals surface area (Å²) >= 11 is 0. The van der Waals surface area contributed by atoms with Crippen LogP contribution in [0.4, 0.5) is 0 Å². The summed E-state index contributed by atoms with van der Waals surface area (Å²) in [6.45, 7) is 7.81. The lowest BCUT2D eigenvalue weighted by molar-refractivity contribution is 0.0765. The Bertz CT molecular complexity index is 955. The van der Waals surface area contributed by atoms with Crippen LogP contribution in [0.5, 0.6) is 0 Å². The molecule has 4 heterocycles. The second-order valence-electron chi connectivity index (χ2n) is 7.65. The molecular formula is C21H27N5O. The molecule has 1 saturated heterocycles. The number of hydrogen-bond donors (Lipinski definition) is 0. The predicted molar refractivity (Wildman–Crippen MR) is 107 cm³/mol. The fourth-order valence-corrected chi connectivity index (χ4v) is 3.69. The zero-order valence-corrected chi connectivity index (χ0v) is 16.3. The molecule has 6 nitrogen and oxygen atoms in total. The fourth-order valence-electron chi connectivity index (χ4n) is 3.69. The molecule has 0 bridgehead atoms. The maximum Gasteiger partial charge on any atom is 0.256 e. The van der Waals surface area contributed by atoms with Gasteiger partial charge >= 0.3 is 0 Å². The van der Waals surface area contributed by atoms with Crippen molar-refractivity contribution in [2.45, 2.75) is 26.3 Å². The highest BCUT2D eigenvalue weighted by Crippen LogP contribution is 2.27. The molecule has 1 aliphatic rings. The van der Waals surface area contributed by atoms with Crippen molar-refractivity contribution >= 4 is 11.4 Å². The van der Waals surface area contributed by atoms with Gasteiger partial charge in [0, 0.05) is 38.1 Å². The maximum atomic E-state index is 13.3. The van der Waals surface area contributed by atoms with Crippen molar-refractivity contribution in [1.82, 2.24) is 23.8 Å². The molecule has 1 aliphatic heterocycles. The third-order valence-electron chi connectivity index (χ3n) is 5.37. The highest BCUT2D eigenvalue weighted by molar-refractivity contribution is 6.02. The van der Waals surface area contributed by atoms with Crippen molar-refractivity contribution in [2.24, 2.45) is 0 Å². The van der Waals surface area contributed by atoms with E-state index in [0.717, 1.165) is 55.1 Å². The van der Waals surface area contributed by atoms with Crippen molar-refractivity contribution in [3.8, 4) is 11.4 Å². The molecule has 0 spiro atoms. The molecular weight excluding hydrogens is 338 g/mol. The topological polar surface area (TPSA) is 45.8 Å². The van der Waals surface area contributed by atoms with Crippen molar-refractivity contribution in [3.05, 3.63) is 48.5 Å². The summed E-state index contributed by atoms with van der Waals surface area (Å²) in [4.78, 5) is 22.2. The number of nitrogens with zero attached hydrogens (tertiary/aromatic N) is 5. The van der Waals surface area contributed by atoms with Crippen LogP contribution in [-0.4, -0.2) is 62.9 Å². The second-order valence-corrected chi connectivity index (χ2v) is 7.65. The number of hydrogen-bond acceptors (Lipinski definition) is 3. The molecule has 6 heteroatoms. The quantitative estimate of drug-likeness (QED) is 0.716. The normalized spacial score (nSPS) is 16.2. The minimum atomic E-state index is 0.114. The molecule has 0 saturated carbocycles. The summed E-state index contributed by atoms with van der Waals surface area (Å²) in [6.07, 6.45) is 6.93. The van der Waals surface area contributed by atoms with Crippen LogP contribution in [-0.2, 0) is 0 Å². The standard InChI is InChI=1S/C21H27N5O/c1-16(2)25-14-18(22-15-25)20-13-17(19-7-4-5-10-26(19)20)21(27)24-9-6-8-23(3)11-12-24/h4-5,7,10,13-16H,6,8-9,11-12H2,1-3H3. The summed E-state index contributed by atoms with van der Waals surface area (Å²) < 4.78 is 4.16. The van der Waals surface area contributed by atoms with Gasteiger partial charge in [-0.3, -0.25) is 4.79 Å². The highest BCUT2D eigenvalue weighted by Gasteiger charge is 2.23. The molecule has 1 fully saturated rings. The van der Waals surface area contributed by atoms with E-state index in [4.69, 9.17) is 0 Å². The van der Waals surface area contributed by atoms with Gasteiger partial charge in [-0.05, 0) is 52.1 Å². The van der Waals surface area contributed by atoms with Crippen LogP contribution in [0.15, 0.2) is 43.0 Å². The van der Waals surface area contributed by atoms with Crippen molar-refractivity contribution in [2.75, 3.05) is 33.2 Å². The smallest absolute Gasteiger partial charge is 0.256 e. The summed E-state index contributed by atoms with van der Waals surface area (Å²) in [5.74, 6) is 0.114. The fraction of sp³-hybridized carbons (Fsp3) is 0.429. The number of amides is 1. The first-order valence-electron chi connectivity index (χ1n) is 9.66. The van der Waals surface area contributed by atoms with Crippen LogP contribution in [0.1, 0.15) is 36.7 Å². The first-order chi connectivity index (χ1) is 13.0. The largest absolute Gasteiger partial charge is 0.337 e. The highest BCUT2D eigenvalue weighted by atomic mass is 16.2. The van der Waals surface area contributed by atoms with Gasteiger partial charge in [0.1, 0.15) is 5.69 Å². The van der Waals surface area contributed by atoms with Crippen LogP contribution in [0.2, 0.25) is 0 Å². The van der Waals surface area contributed by atoms with E-state index in [2.05, 4.69) is 45.9 Å². The summed E-state index contributed by atoms with van der Waals surface area (Å²) in [5.41, 5.74) is 3.54. The Hall–Kier alpha value is -2.60. The number of fused-ring (bicyclic) bond motifs is 1. The number of likely N-dealkylation sites (N-methyl/N-ethyl adjacent to an activating group) is 1. The first-order valence-corrected chi connectivity index (χ1v) is 9.66. The van der Waals surface area contributed by atoms with E-state index in [9.17, 15) is 4.79 Å². The lowest BCUT2D eigenvalue weighted by Gasteiger charge is -2.20. The summed E-state index contributed by atoms with van der Waals surface area (Å²) in [7, 11) is 2.12. The van der Waals surface area contributed by atoms with Gasteiger partial charge in [-0.1, -0.05) is 6.07 Å². The maximum absolute atomic E-state index is 13.3. The molecule has 0 atom stereocenters. The minimum Gasteiger partial charge on any atom is -0.337 e. The third kappa shape index (κ3) is 3.37. The van der Waals surface area contributed by atoms with Gasteiger partial charge in [-0.25, -0.2) is 4.98 Å². The minimum absolute atomic E-state index is 0.114. The molecule has 1 amide bonds. The number of aromatic nitrogens is 3. The van der Waals surface area contributed by atoms with Gasteiger partial charge in [-0.15, -0.1) is 0 Å². The molecule has 4 rings (SSSR count). The van der Waals surface area contributed by atoms with E-state index in [0.29, 0.717) is 6.04 Å². The Morgan fingerprint density at radius 1 is 1.15 bits per heavy atom. The van der Waals surface area contributed by atoms with Crippen molar-refractivity contribution in [3.63, 3.8) is 0 Å². The summed E-state index contributed by atoms with van der Waals surface area (Å²) in [5, 5.41) is 0. The van der Waals surface area contributed by atoms with E-state index < -0.39 is 0 Å². The predicted octanol–water partition coefficient (Wildman–Crippen LogP) is 3.16. The van der Waals surface area contributed by atoms with Gasteiger partial charge < -0.3 is 18.8 Å². The van der Waals surface area contributed by atoms with Gasteiger partial charge in [0.15, 0.2) is 0 Å². The van der Waals surface area contributed by atoms with Crippen LogP contribution in [0.3, 0.4) is 0 Å². The molecule has 0 radical (unpaired) electrons. The average Bonchev–Trinajstić information content (AvgIpc) is 3.23. The Morgan fingerprint density at radius 3 is 2.78 bits per heavy atom. The summed E-state index contributed by atoms with van der Waals surface area (Å²) in [6, 6.07) is 8.34. The molecule has 3 aromatic rings. The van der Waals surface area contributed by atoms with Gasteiger partial charge in [0.25, 0.3) is 5.91 Å². The molecule has 0 aromatic carbocycles. The third-order valence-corrected chi connectivity index (χ3v) is 5.37. The van der Waals surface area contributed by atoms with Crippen LogP contribution in [0, 0.1) is 0 Å². The SMILES string of the molecule is CC(C)n1cnc(-c2cc(C(=O)N3CCCN(C)CC3)c3ccccn23)c1. The van der Waals surface area contributed by atoms with Gasteiger partial charge in [0.2, 0.25) is 0 Å². The molecule has 0 aliphatic carbocycles. The molecule has 142 valence electrons. The van der Waals surface area contributed by atoms with Crippen LogP contribution < -0.4 is 0 Å². The average molecular weight is 365 g/mol. The second kappa shape index (κ2) is 7.19. The monoisotopic (exact) mass is 365 g/mol. The lowest BCUT2D eigenvalue weighted by atomic mass is 10.2. The van der Waals surface area contributed by atoms with E-state index in [1.807, 2.05) is 41.7 Å². The number of carbonyl (C=O) groups is 1. The van der Waals surface area contributed by atoms with Crippen molar-refractivity contribution < 1.29 is 4.79 Å². The van der Waals surface area contributed by atoms with E-state index in [1.165, 1.54) is 0 Å².